The number of tetrazole rings is 1. The van der Waals surface area contributed by atoms with Crippen LogP contribution >= 0.6 is 23.4 Å². The maximum absolute atomic E-state index is 12.2. The summed E-state index contributed by atoms with van der Waals surface area (Å²) < 4.78 is 6.61. The van der Waals surface area contributed by atoms with E-state index in [9.17, 15) is 14.9 Å². The zero-order valence-electron chi connectivity index (χ0n) is 14.4. The van der Waals surface area contributed by atoms with Crippen LogP contribution in [0.15, 0.2) is 47.6 Å². The first-order valence-corrected chi connectivity index (χ1v) is 9.13. The Morgan fingerprint density at radius 1 is 1.32 bits per heavy atom. The van der Waals surface area contributed by atoms with Crippen LogP contribution in [0.25, 0.3) is 5.69 Å². The normalized spacial score (nSPS) is 10.5. The third-order valence-electron chi connectivity index (χ3n) is 3.53. The van der Waals surface area contributed by atoms with Gasteiger partial charge in [-0.3, -0.25) is 14.9 Å². The fourth-order valence-corrected chi connectivity index (χ4v) is 3.10. The molecule has 3 rings (SSSR count). The van der Waals surface area contributed by atoms with Gasteiger partial charge in [-0.25, -0.2) is 0 Å². The fourth-order valence-electron chi connectivity index (χ4n) is 2.19. The van der Waals surface area contributed by atoms with Crippen LogP contribution in [0.1, 0.15) is 0 Å². The number of thioether (sulfide) groups is 1. The molecule has 0 bridgehead atoms. The smallest absolute Gasteiger partial charge is 0.271 e. The van der Waals surface area contributed by atoms with Crippen molar-refractivity contribution in [2.45, 2.75) is 5.16 Å². The first kappa shape index (κ1) is 19.6. The number of carbonyl (C=O) groups is 1. The van der Waals surface area contributed by atoms with E-state index in [0.29, 0.717) is 16.6 Å². The van der Waals surface area contributed by atoms with Gasteiger partial charge in [0.05, 0.1) is 34.2 Å². The van der Waals surface area contributed by atoms with E-state index in [0.717, 1.165) is 11.8 Å². The van der Waals surface area contributed by atoms with Gasteiger partial charge in [0.15, 0.2) is 0 Å². The first-order valence-electron chi connectivity index (χ1n) is 7.77. The average molecular weight is 421 g/mol. The summed E-state index contributed by atoms with van der Waals surface area (Å²) in [7, 11) is 1.57. The predicted molar refractivity (Wildman–Crippen MR) is 103 cm³/mol. The lowest BCUT2D eigenvalue weighted by atomic mass is 10.3. The largest absolute Gasteiger partial charge is 0.497 e. The molecule has 0 fully saturated rings. The van der Waals surface area contributed by atoms with E-state index in [4.69, 9.17) is 16.3 Å². The molecule has 144 valence electrons. The van der Waals surface area contributed by atoms with Crippen LogP contribution in [0, 0.1) is 10.1 Å². The van der Waals surface area contributed by atoms with Crippen molar-refractivity contribution >= 4 is 40.6 Å². The number of nitro groups is 1. The highest BCUT2D eigenvalue weighted by molar-refractivity contribution is 7.99. The molecule has 0 atom stereocenters. The van der Waals surface area contributed by atoms with Crippen molar-refractivity contribution in [1.82, 2.24) is 20.2 Å². The van der Waals surface area contributed by atoms with Gasteiger partial charge in [-0.15, -0.1) is 5.10 Å². The number of nitrogens with zero attached hydrogens (tertiary/aromatic N) is 5. The second-order valence-electron chi connectivity index (χ2n) is 5.33. The Morgan fingerprint density at radius 3 is 2.71 bits per heavy atom. The summed E-state index contributed by atoms with van der Waals surface area (Å²) in [5, 5.41) is 25.3. The van der Waals surface area contributed by atoms with Crippen molar-refractivity contribution in [3.8, 4) is 11.4 Å². The maximum Gasteiger partial charge on any atom is 0.271 e. The van der Waals surface area contributed by atoms with Gasteiger partial charge in [0.1, 0.15) is 5.75 Å². The second kappa shape index (κ2) is 8.67. The van der Waals surface area contributed by atoms with E-state index in [1.807, 2.05) is 0 Å². The lowest BCUT2D eigenvalue weighted by Crippen LogP contribution is -2.15. The number of aromatic nitrogens is 4. The van der Waals surface area contributed by atoms with Crippen molar-refractivity contribution in [2.24, 2.45) is 0 Å². The molecule has 0 spiro atoms. The number of ether oxygens (including phenoxy) is 1. The number of amides is 1. The Balaban J connectivity index is 1.64. The highest BCUT2D eigenvalue weighted by Gasteiger charge is 2.14. The van der Waals surface area contributed by atoms with E-state index in [1.54, 1.807) is 31.4 Å². The maximum atomic E-state index is 12.2. The number of halogens is 1. The molecule has 1 heterocycles. The fraction of sp³-hybridized carbons (Fsp3) is 0.125. The van der Waals surface area contributed by atoms with Crippen molar-refractivity contribution in [3.63, 3.8) is 0 Å². The Labute approximate surface area is 168 Å². The molecule has 10 nitrogen and oxygen atoms in total. The molecule has 0 unspecified atom stereocenters. The summed E-state index contributed by atoms with van der Waals surface area (Å²) in [5.74, 6) is 0.361. The quantitative estimate of drug-likeness (QED) is 0.351. The van der Waals surface area contributed by atoms with E-state index < -0.39 is 4.92 Å². The Morgan fingerprint density at radius 2 is 2.07 bits per heavy atom. The molecule has 28 heavy (non-hydrogen) atoms. The SMILES string of the molecule is COc1ccc(-n2nnnc2SCC(=O)Nc2ccc([N+](=O)[O-])cc2Cl)cc1. The number of carbonyl (C=O) groups excluding carboxylic acids is 1. The van der Waals surface area contributed by atoms with Crippen LogP contribution < -0.4 is 10.1 Å². The first-order chi connectivity index (χ1) is 13.5. The summed E-state index contributed by atoms with van der Waals surface area (Å²) >= 11 is 7.11. The summed E-state index contributed by atoms with van der Waals surface area (Å²) in [6, 6.07) is 10.9. The van der Waals surface area contributed by atoms with E-state index in [2.05, 4.69) is 20.8 Å². The van der Waals surface area contributed by atoms with Crippen molar-refractivity contribution in [1.29, 1.82) is 0 Å². The number of nitrogens with one attached hydrogen (secondary N) is 1. The van der Waals surface area contributed by atoms with Gasteiger partial charge in [-0.1, -0.05) is 23.4 Å². The van der Waals surface area contributed by atoms with Gasteiger partial charge >= 0.3 is 0 Å². The zero-order valence-corrected chi connectivity index (χ0v) is 16.0. The van der Waals surface area contributed by atoms with Crippen molar-refractivity contribution in [2.75, 3.05) is 18.2 Å². The van der Waals surface area contributed by atoms with E-state index in [-0.39, 0.29) is 28.1 Å². The number of anilines is 1. The molecule has 1 N–H and O–H groups in total. The number of hydrogen-bond donors (Lipinski definition) is 1. The van der Waals surface area contributed by atoms with E-state index in [1.165, 1.54) is 22.9 Å². The monoisotopic (exact) mass is 420 g/mol. The molecule has 1 aromatic heterocycles. The summed E-state index contributed by atoms with van der Waals surface area (Å²) in [6.07, 6.45) is 0. The number of nitro benzene ring substituents is 1. The van der Waals surface area contributed by atoms with Gasteiger partial charge in [0, 0.05) is 12.1 Å². The number of benzene rings is 2. The molecule has 1 amide bonds. The molecule has 0 saturated carbocycles. The molecule has 0 aliphatic heterocycles. The molecule has 0 aliphatic carbocycles. The predicted octanol–water partition coefficient (Wildman–Crippen LogP) is 2.96. The lowest BCUT2D eigenvalue weighted by Gasteiger charge is -2.07. The number of non-ortho nitro benzene ring substituents is 1. The molecule has 0 radical (unpaired) electrons. The molecule has 12 heteroatoms. The Kier molecular flexibility index (Phi) is 6.06. The van der Waals surface area contributed by atoms with Gasteiger partial charge in [0.25, 0.3) is 5.69 Å². The third-order valence-corrected chi connectivity index (χ3v) is 4.76. The van der Waals surface area contributed by atoms with Gasteiger partial charge < -0.3 is 10.1 Å². The summed E-state index contributed by atoms with van der Waals surface area (Å²) in [5.41, 5.74) is 0.843. The molecule has 2 aromatic carbocycles. The zero-order chi connectivity index (χ0) is 20.1. The second-order valence-corrected chi connectivity index (χ2v) is 6.68. The number of hydrogen-bond acceptors (Lipinski definition) is 8. The van der Waals surface area contributed by atoms with Gasteiger partial charge in [-0.05, 0) is 40.8 Å². The molecule has 0 aliphatic rings. The minimum atomic E-state index is -0.563. The summed E-state index contributed by atoms with van der Waals surface area (Å²) in [4.78, 5) is 22.4. The minimum absolute atomic E-state index is 0.0177. The lowest BCUT2D eigenvalue weighted by molar-refractivity contribution is -0.384. The van der Waals surface area contributed by atoms with Crippen LogP contribution in [0.2, 0.25) is 5.02 Å². The molecular weight excluding hydrogens is 408 g/mol. The highest BCUT2D eigenvalue weighted by atomic mass is 35.5. The van der Waals surface area contributed by atoms with Crippen molar-refractivity contribution < 1.29 is 14.5 Å². The topological polar surface area (TPSA) is 125 Å². The highest BCUT2D eigenvalue weighted by Crippen LogP contribution is 2.27. The minimum Gasteiger partial charge on any atom is -0.497 e. The molecule has 0 saturated heterocycles. The number of methoxy groups -OCH3 is 1. The molecular formula is C16H13ClN6O4S. The van der Waals surface area contributed by atoms with Crippen LogP contribution in [0.3, 0.4) is 0 Å². The summed E-state index contributed by atoms with van der Waals surface area (Å²) in [6.45, 7) is 0. The van der Waals surface area contributed by atoms with Gasteiger partial charge in [-0.2, -0.15) is 4.68 Å². The van der Waals surface area contributed by atoms with Crippen LogP contribution in [0.5, 0.6) is 5.75 Å². The standard InChI is InChI=1S/C16H13ClN6O4S/c1-27-12-5-2-10(3-6-12)22-16(19-20-21-22)28-9-15(24)18-14-7-4-11(23(25)26)8-13(14)17/h2-8H,9H2,1H3,(H,18,24). The van der Waals surface area contributed by atoms with Crippen LogP contribution in [-0.4, -0.2) is 43.9 Å². The van der Waals surface area contributed by atoms with Gasteiger partial charge in [0.2, 0.25) is 11.1 Å². The molecule has 3 aromatic rings. The van der Waals surface area contributed by atoms with Crippen LogP contribution in [0.4, 0.5) is 11.4 Å². The Hall–Kier alpha value is -3.18. The van der Waals surface area contributed by atoms with Crippen molar-refractivity contribution in [3.05, 3.63) is 57.6 Å². The van der Waals surface area contributed by atoms with E-state index >= 15 is 0 Å². The number of rotatable bonds is 7. The van der Waals surface area contributed by atoms with Crippen LogP contribution in [-0.2, 0) is 4.79 Å². The third kappa shape index (κ3) is 4.56. The average Bonchev–Trinajstić information content (AvgIpc) is 3.16. The Bertz CT molecular complexity index is 1010.